The summed E-state index contributed by atoms with van der Waals surface area (Å²) in [6.07, 6.45) is 1.77. The molecule has 3 heterocycles. The van der Waals surface area contributed by atoms with Gasteiger partial charge in [0.05, 0.1) is 17.6 Å². The van der Waals surface area contributed by atoms with Crippen molar-refractivity contribution in [2.45, 2.75) is 13.5 Å². The molecule has 98 valence electrons. The van der Waals surface area contributed by atoms with Crippen LogP contribution in [0.5, 0.6) is 0 Å². The van der Waals surface area contributed by atoms with E-state index in [1.165, 1.54) is 4.88 Å². The normalized spacial score (nSPS) is 11.1. The molecule has 0 aliphatic rings. The number of nitrogens with one attached hydrogen (secondary N) is 1. The van der Waals surface area contributed by atoms with Gasteiger partial charge in [0.15, 0.2) is 0 Å². The topological polar surface area (TPSA) is 81.7 Å². The minimum absolute atomic E-state index is 0.293. The molecule has 0 fully saturated rings. The molecule has 7 heteroatoms. The van der Waals surface area contributed by atoms with E-state index in [1.807, 2.05) is 24.7 Å². The van der Waals surface area contributed by atoms with Crippen LogP contribution in [0.2, 0.25) is 0 Å². The van der Waals surface area contributed by atoms with Crippen molar-refractivity contribution in [1.29, 1.82) is 0 Å². The van der Waals surface area contributed by atoms with Crippen LogP contribution < -0.4 is 11.1 Å². The number of nitrogen functional groups attached to an aromatic ring is 1. The molecule has 0 amide bonds. The summed E-state index contributed by atoms with van der Waals surface area (Å²) < 4.78 is 1.83. The highest BCUT2D eigenvalue weighted by atomic mass is 32.1. The van der Waals surface area contributed by atoms with Crippen LogP contribution in [0.4, 0.5) is 11.8 Å². The predicted octanol–water partition coefficient (Wildman–Crippen LogP) is 1.93. The van der Waals surface area contributed by atoms with E-state index in [0.29, 0.717) is 12.5 Å². The van der Waals surface area contributed by atoms with Crippen LogP contribution in [0, 0.1) is 6.92 Å². The maximum atomic E-state index is 5.74. The molecule has 0 radical (unpaired) electrons. The zero-order valence-corrected chi connectivity index (χ0v) is 11.5. The Labute approximate surface area is 114 Å². The summed E-state index contributed by atoms with van der Waals surface area (Å²) in [4.78, 5) is 10.6. The first-order valence-electron chi connectivity index (χ1n) is 5.88. The molecule has 6 nitrogen and oxygen atoms in total. The van der Waals surface area contributed by atoms with E-state index in [-0.39, 0.29) is 0 Å². The zero-order chi connectivity index (χ0) is 13.4. The summed E-state index contributed by atoms with van der Waals surface area (Å²) in [5, 5.41) is 8.45. The van der Waals surface area contributed by atoms with Crippen molar-refractivity contribution in [2.75, 3.05) is 11.1 Å². The number of fused-ring (bicyclic) bond motifs is 1. The Kier molecular flexibility index (Phi) is 2.83. The maximum absolute atomic E-state index is 5.74. The van der Waals surface area contributed by atoms with Crippen LogP contribution in [0.15, 0.2) is 18.3 Å². The van der Waals surface area contributed by atoms with Gasteiger partial charge in [-0.1, -0.05) is 0 Å². The molecule has 0 aliphatic heterocycles. The number of hydrogen-bond acceptors (Lipinski definition) is 6. The highest BCUT2D eigenvalue weighted by Crippen LogP contribution is 2.29. The third-order valence-corrected chi connectivity index (χ3v) is 3.84. The summed E-state index contributed by atoms with van der Waals surface area (Å²) in [6.45, 7) is 2.70. The second-order valence-electron chi connectivity index (χ2n) is 4.31. The summed E-state index contributed by atoms with van der Waals surface area (Å²) in [6, 6.07) is 4.04. The first kappa shape index (κ1) is 11.9. The van der Waals surface area contributed by atoms with E-state index >= 15 is 0 Å². The smallest absolute Gasteiger partial charge is 0.223 e. The Balaban J connectivity index is 1.94. The zero-order valence-electron chi connectivity index (χ0n) is 10.7. The fourth-order valence-corrected chi connectivity index (χ4v) is 2.83. The number of nitrogens with zero attached hydrogens (tertiary/aromatic N) is 4. The Morgan fingerprint density at radius 3 is 3.00 bits per heavy atom. The quantitative estimate of drug-likeness (QED) is 0.762. The molecule has 3 aromatic heterocycles. The molecule has 0 aromatic carbocycles. The van der Waals surface area contributed by atoms with Crippen LogP contribution in [-0.2, 0) is 13.6 Å². The fraction of sp³-hybridized carbons (Fsp3) is 0.250. The van der Waals surface area contributed by atoms with Crippen molar-refractivity contribution in [3.05, 3.63) is 28.9 Å². The molecule has 0 aliphatic carbocycles. The van der Waals surface area contributed by atoms with Crippen LogP contribution >= 0.6 is 11.3 Å². The number of rotatable bonds is 3. The minimum Gasteiger partial charge on any atom is -0.368 e. The summed E-state index contributed by atoms with van der Waals surface area (Å²) in [7, 11) is 1.91. The second-order valence-corrected chi connectivity index (χ2v) is 5.54. The number of hydrogen-bond donors (Lipinski definition) is 2. The molecule has 0 atom stereocenters. The number of thiophene rings is 1. The van der Waals surface area contributed by atoms with Crippen molar-refractivity contribution in [1.82, 2.24) is 19.7 Å². The summed E-state index contributed by atoms with van der Waals surface area (Å²) in [5.74, 6) is 1.06. The predicted molar refractivity (Wildman–Crippen MR) is 77.1 cm³/mol. The Bertz CT molecular complexity index is 729. The molecule has 0 saturated carbocycles. The van der Waals surface area contributed by atoms with Gasteiger partial charge in [-0.05, 0) is 19.1 Å². The van der Waals surface area contributed by atoms with Gasteiger partial charge in [-0.15, -0.1) is 11.3 Å². The van der Waals surface area contributed by atoms with E-state index in [9.17, 15) is 0 Å². The summed E-state index contributed by atoms with van der Waals surface area (Å²) in [5.41, 5.74) is 6.82. The van der Waals surface area contributed by atoms with Gasteiger partial charge in [0, 0.05) is 18.1 Å². The Morgan fingerprint density at radius 2 is 2.26 bits per heavy atom. The monoisotopic (exact) mass is 274 g/mol. The Hall–Kier alpha value is -2.15. The van der Waals surface area contributed by atoms with Crippen LogP contribution in [0.25, 0.3) is 10.2 Å². The third-order valence-electron chi connectivity index (χ3n) is 2.89. The number of nitrogens with two attached hydrogens (primary N) is 1. The number of anilines is 2. The van der Waals surface area contributed by atoms with Crippen molar-refractivity contribution < 1.29 is 0 Å². The first-order chi connectivity index (χ1) is 9.13. The van der Waals surface area contributed by atoms with Crippen LogP contribution in [0.3, 0.4) is 0 Å². The minimum atomic E-state index is 0.293. The first-order valence-corrected chi connectivity index (χ1v) is 6.69. The Morgan fingerprint density at radius 1 is 1.42 bits per heavy atom. The molecule has 19 heavy (non-hydrogen) atoms. The van der Waals surface area contributed by atoms with E-state index in [1.54, 1.807) is 17.5 Å². The van der Waals surface area contributed by atoms with Crippen molar-refractivity contribution in [3.8, 4) is 0 Å². The summed E-state index contributed by atoms with van der Waals surface area (Å²) >= 11 is 1.62. The van der Waals surface area contributed by atoms with E-state index in [4.69, 9.17) is 5.73 Å². The van der Waals surface area contributed by atoms with Gasteiger partial charge in [0.25, 0.3) is 0 Å². The molecule has 3 N–H and O–H groups in total. The van der Waals surface area contributed by atoms with Crippen LogP contribution in [0.1, 0.15) is 10.6 Å². The van der Waals surface area contributed by atoms with Crippen molar-refractivity contribution in [2.24, 2.45) is 7.05 Å². The standard InChI is InChI=1S/C12H14N6S/c1-7-5-9-10(16-12(13)17-11(9)19-7)14-6-8-3-4-15-18(8)2/h3-5H,6H2,1-2H3,(H3,13,14,16,17). The van der Waals surface area contributed by atoms with Crippen LogP contribution in [-0.4, -0.2) is 19.7 Å². The molecular formula is C12H14N6S. The lowest BCUT2D eigenvalue weighted by molar-refractivity contribution is 0.720. The van der Waals surface area contributed by atoms with Crippen molar-refractivity contribution in [3.63, 3.8) is 0 Å². The van der Waals surface area contributed by atoms with E-state index in [0.717, 1.165) is 21.7 Å². The molecule has 3 rings (SSSR count). The number of aryl methyl sites for hydroxylation is 2. The molecule has 0 spiro atoms. The maximum Gasteiger partial charge on any atom is 0.223 e. The molecule has 0 bridgehead atoms. The molecule has 0 unspecified atom stereocenters. The van der Waals surface area contributed by atoms with Crippen molar-refractivity contribution >= 4 is 33.3 Å². The number of aromatic nitrogens is 4. The molecule has 3 aromatic rings. The van der Waals surface area contributed by atoms with Gasteiger partial charge < -0.3 is 11.1 Å². The van der Waals surface area contributed by atoms with E-state index in [2.05, 4.69) is 26.4 Å². The largest absolute Gasteiger partial charge is 0.368 e. The van der Waals surface area contributed by atoms with E-state index < -0.39 is 0 Å². The van der Waals surface area contributed by atoms with Gasteiger partial charge in [0.1, 0.15) is 10.6 Å². The lowest BCUT2D eigenvalue weighted by Gasteiger charge is -2.07. The fourth-order valence-electron chi connectivity index (χ4n) is 1.94. The average molecular weight is 274 g/mol. The highest BCUT2D eigenvalue weighted by Gasteiger charge is 2.09. The highest BCUT2D eigenvalue weighted by molar-refractivity contribution is 7.18. The lowest BCUT2D eigenvalue weighted by Crippen LogP contribution is -2.08. The van der Waals surface area contributed by atoms with Gasteiger partial charge in [-0.25, -0.2) is 4.98 Å². The van der Waals surface area contributed by atoms with Gasteiger partial charge in [-0.3, -0.25) is 4.68 Å². The van der Waals surface area contributed by atoms with Gasteiger partial charge in [0.2, 0.25) is 5.95 Å². The lowest BCUT2D eigenvalue weighted by atomic mass is 10.3. The molecular weight excluding hydrogens is 260 g/mol. The third kappa shape index (κ3) is 2.24. The second kappa shape index (κ2) is 4.51. The van der Waals surface area contributed by atoms with Gasteiger partial charge in [-0.2, -0.15) is 10.1 Å². The van der Waals surface area contributed by atoms with Gasteiger partial charge >= 0.3 is 0 Å². The molecule has 0 saturated heterocycles. The SMILES string of the molecule is Cc1cc2c(NCc3ccnn3C)nc(N)nc2s1. The average Bonchev–Trinajstić information content (AvgIpc) is 2.91.